The first-order valence-electron chi connectivity index (χ1n) is 19.3. The maximum Gasteiger partial charge on any atom is 0.270 e. The van der Waals surface area contributed by atoms with Crippen molar-refractivity contribution in [3.05, 3.63) is 128 Å². The summed E-state index contributed by atoms with van der Waals surface area (Å²) in [6.07, 6.45) is 10.2. The lowest BCUT2D eigenvalue weighted by Crippen LogP contribution is -2.34. The summed E-state index contributed by atoms with van der Waals surface area (Å²) in [6.45, 7) is 4.75. The van der Waals surface area contributed by atoms with E-state index < -0.39 is 4.92 Å². The van der Waals surface area contributed by atoms with E-state index in [1.165, 1.54) is 36.1 Å². The minimum absolute atomic E-state index is 0.0172. The Kier molecular flexibility index (Phi) is 13.2. The van der Waals surface area contributed by atoms with E-state index in [2.05, 4.69) is 53.8 Å². The van der Waals surface area contributed by atoms with Crippen molar-refractivity contribution in [2.24, 2.45) is 0 Å². The Hall–Kier alpha value is -6.50. The number of anilines is 3. The summed E-state index contributed by atoms with van der Waals surface area (Å²) in [5.74, 6) is 1.84. The Morgan fingerprint density at radius 3 is 2.19 bits per heavy atom. The third kappa shape index (κ3) is 9.20. The maximum atomic E-state index is 12.0. The number of benzene rings is 4. The smallest absolute Gasteiger partial charge is 0.270 e. The molecule has 4 aromatic carbocycles. The highest BCUT2D eigenvalue weighted by Crippen LogP contribution is 2.37. The van der Waals surface area contributed by atoms with E-state index in [4.69, 9.17) is 18.9 Å². The third-order valence-corrected chi connectivity index (χ3v) is 10.8. The number of aryl methyl sites for hydroxylation is 1. The molecule has 0 spiro atoms. The zero-order valence-corrected chi connectivity index (χ0v) is 33.9. The zero-order chi connectivity index (χ0) is 41.3. The maximum absolute atomic E-state index is 12.0. The number of rotatable bonds is 15. The number of ether oxygens (including phenoxy) is 4. The van der Waals surface area contributed by atoms with Gasteiger partial charge in [-0.05, 0) is 97.7 Å². The lowest BCUT2D eigenvalue weighted by Gasteiger charge is -2.24. The van der Waals surface area contributed by atoms with Crippen molar-refractivity contribution in [1.29, 1.82) is 0 Å². The van der Waals surface area contributed by atoms with Crippen LogP contribution in [0.2, 0.25) is 0 Å². The Bertz CT molecular complexity index is 2220. The second-order valence-corrected chi connectivity index (χ2v) is 14.6. The molecule has 7 rings (SSSR count). The van der Waals surface area contributed by atoms with Gasteiger partial charge in [0.1, 0.15) is 13.2 Å². The fourth-order valence-electron chi connectivity index (χ4n) is 7.72. The van der Waals surface area contributed by atoms with Crippen molar-refractivity contribution in [3.63, 3.8) is 0 Å². The second-order valence-electron chi connectivity index (χ2n) is 14.6. The van der Waals surface area contributed by atoms with Crippen molar-refractivity contribution >= 4 is 35.4 Å². The molecule has 58 heavy (non-hydrogen) atoms. The molecular weight excluding hydrogens is 739 g/mol. The van der Waals surface area contributed by atoms with Crippen LogP contribution in [0.5, 0.6) is 23.0 Å². The first kappa shape index (κ1) is 41.1. The molecule has 0 saturated carbocycles. The molecule has 0 saturated heterocycles. The number of amides is 1. The molecular formula is C45H51N5O8. The van der Waals surface area contributed by atoms with Crippen molar-refractivity contribution < 1.29 is 33.5 Å². The highest BCUT2D eigenvalue weighted by Gasteiger charge is 2.28. The topological polar surface area (TPSA) is 145 Å². The molecule has 2 aliphatic heterocycles. The molecule has 304 valence electrons. The van der Waals surface area contributed by atoms with E-state index in [-0.39, 0.29) is 24.9 Å². The number of nitrogens with zero attached hydrogens (tertiary/aromatic N) is 3. The normalized spacial score (nSPS) is 16.4. The number of nitro benzene ring substituents is 1. The minimum atomic E-state index is -0.446. The van der Waals surface area contributed by atoms with Gasteiger partial charge in [0.05, 0.1) is 25.2 Å². The lowest BCUT2D eigenvalue weighted by atomic mass is 10.0. The van der Waals surface area contributed by atoms with Crippen LogP contribution in [0.15, 0.2) is 90.2 Å². The average Bonchev–Trinajstić information content (AvgIpc) is 3.75. The average molecular weight is 790 g/mol. The number of para-hydroxylation sites is 1. The van der Waals surface area contributed by atoms with Crippen molar-refractivity contribution in [3.8, 4) is 23.0 Å². The van der Waals surface area contributed by atoms with Gasteiger partial charge in [-0.2, -0.15) is 0 Å². The number of hydrogen-bond donors (Lipinski definition) is 2. The zero-order valence-electron chi connectivity index (χ0n) is 33.9. The summed E-state index contributed by atoms with van der Waals surface area (Å²) < 4.78 is 23.2. The molecule has 0 radical (unpaired) electrons. The van der Waals surface area contributed by atoms with Gasteiger partial charge >= 0.3 is 0 Å². The molecule has 4 aromatic rings. The van der Waals surface area contributed by atoms with E-state index in [1.807, 2.05) is 43.1 Å². The van der Waals surface area contributed by atoms with Crippen molar-refractivity contribution in [2.45, 2.75) is 64.8 Å². The summed E-state index contributed by atoms with van der Waals surface area (Å²) in [6, 6.07) is 20.7. The molecule has 2 heterocycles. The van der Waals surface area contributed by atoms with E-state index in [9.17, 15) is 19.7 Å². The Morgan fingerprint density at radius 2 is 1.57 bits per heavy atom. The van der Waals surface area contributed by atoms with Crippen molar-refractivity contribution in [1.82, 2.24) is 4.90 Å². The van der Waals surface area contributed by atoms with Gasteiger partial charge in [-0.1, -0.05) is 24.3 Å². The van der Waals surface area contributed by atoms with E-state index in [1.54, 1.807) is 25.3 Å². The number of aldehydes is 1. The highest BCUT2D eigenvalue weighted by molar-refractivity contribution is 5.86. The molecule has 13 nitrogen and oxygen atoms in total. The van der Waals surface area contributed by atoms with Gasteiger partial charge < -0.3 is 39.4 Å². The number of carbonyl (C=O) groups is 2. The number of non-ortho nitro benzene ring substituents is 1. The number of hydrogen-bond acceptors (Lipinski definition) is 11. The van der Waals surface area contributed by atoms with Gasteiger partial charge in [0.25, 0.3) is 5.69 Å². The molecule has 1 aliphatic carbocycles. The number of methoxy groups -OCH3 is 2. The molecule has 2 atom stereocenters. The van der Waals surface area contributed by atoms with E-state index >= 15 is 0 Å². The number of carbonyl (C=O) groups excluding carboxylic acids is 2. The van der Waals surface area contributed by atoms with Gasteiger partial charge in [-0.15, -0.1) is 0 Å². The third-order valence-electron chi connectivity index (χ3n) is 10.8. The van der Waals surface area contributed by atoms with Gasteiger partial charge in [0.2, 0.25) is 6.41 Å². The highest BCUT2D eigenvalue weighted by atomic mass is 16.6. The van der Waals surface area contributed by atoms with E-state index in [0.717, 1.165) is 55.3 Å². The quantitative estimate of drug-likeness (QED) is 0.0683. The van der Waals surface area contributed by atoms with Crippen LogP contribution in [0.3, 0.4) is 0 Å². The fraction of sp³-hybridized carbons (Fsp3) is 0.333. The van der Waals surface area contributed by atoms with Crippen LogP contribution < -0.4 is 34.5 Å². The van der Waals surface area contributed by atoms with Crippen LogP contribution in [0.1, 0.15) is 58.8 Å². The fourth-order valence-corrected chi connectivity index (χ4v) is 7.72. The summed E-state index contributed by atoms with van der Waals surface area (Å²) in [4.78, 5) is 38.1. The predicted molar refractivity (Wildman–Crippen MR) is 226 cm³/mol. The van der Waals surface area contributed by atoms with Crippen LogP contribution in [0.4, 0.5) is 22.7 Å². The molecule has 0 fully saturated rings. The summed E-state index contributed by atoms with van der Waals surface area (Å²) >= 11 is 0. The molecule has 0 aromatic heterocycles. The Balaban J connectivity index is 0.000000400. The van der Waals surface area contributed by atoms with Crippen molar-refractivity contribution in [2.75, 3.05) is 50.4 Å². The molecule has 2 N–H and O–H groups in total. The number of nitro groups is 1. The van der Waals surface area contributed by atoms with Crippen LogP contribution in [0.25, 0.3) is 0 Å². The first-order valence-corrected chi connectivity index (χ1v) is 19.3. The van der Waals surface area contributed by atoms with Gasteiger partial charge in [0, 0.05) is 79.3 Å². The predicted octanol–water partition coefficient (Wildman–Crippen LogP) is 8.25. The SMILES string of the molecule is CNc1cc(OCc2cc(COc3cc(NCC4Cc5ccccc5N4C)c(C=O)cc3OC)cc([N+](=O)[O-])c2)c(OC)cc1C.C[C@@H]1CC2=C(C=CCC2)N1C=O. The number of allylic oxidation sites excluding steroid dienone is 2. The van der Waals surface area contributed by atoms with Crippen LogP contribution in [0, 0.1) is 17.0 Å². The van der Waals surface area contributed by atoms with Gasteiger partial charge in [-0.3, -0.25) is 19.7 Å². The molecule has 1 unspecified atom stereocenters. The first-order chi connectivity index (χ1) is 28.1. The number of fused-ring (bicyclic) bond motifs is 1. The summed E-state index contributed by atoms with van der Waals surface area (Å²) in [7, 11) is 6.94. The lowest BCUT2D eigenvalue weighted by molar-refractivity contribution is -0.385. The van der Waals surface area contributed by atoms with Crippen LogP contribution in [-0.4, -0.2) is 69.5 Å². The molecule has 3 aliphatic rings. The summed E-state index contributed by atoms with van der Waals surface area (Å²) in [5.41, 5.74) is 9.09. The largest absolute Gasteiger partial charge is 0.493 e. The molecule has 13 heteroatoms. The number of likely N-dealkylation sites (N-methyl/N-ethyl adjacent to an activating group) is 1. The number of nitrogens with one attached hydrogen (secondary N) is 2. The van der Waals surface area contributed by atoms with Gasteiger partial charge in [0.15, 0.2) is 29.3 Å². The van der Waals surface area contributed by atoms with Crippen LogP contribution >= 0.6 is 0 Å². The van der Waals surface area contributed by atoms with Crippen LogP contribution in [-0.2, 0) is 24.4 Å². The minimum Gasteiger partial charge on any atom is -0.493 e. The Labute approximate surface area is 339 Å². The molecule has 0 bridgehead atoms. The van der Waals surface area contributed by atoms with E-state index in [0.29, 0.717) is 58.0 Å². The second kappa shape index (κ2) is 18.6. The molecule has 1 amide bonds. The van der Waals surface area contributed by atoms with Gasteiger partial charge in [-0.25, -0.2) is 0 Å². The standard InChI is InChI=1S/C35H38N4O7.C10H13NO/c1-22-10-32(43-4)34(16-29(22)36-2)45-20-23-11-24(13-27(12-23)39(41)42)21-46-35-17-30(26(19-40)15-33(35)44-5)37-18-28-14-25-8-6-7-9-31(25)38(28)3;1-8-6-9-4-2-3-5-10(9)11(8)7-12/h6-13,15-17,19,28,36-37H,14,18,20-21H2,1-5H3;3,5,7-8H,2,4,6H2,1H3/t;8-/m.1/s1. The monoisotopic (exact) mass is 789 g/mol. The summed E-state index contributed by atoms with van der Waals surface area (Å²) in [5, 5.41) is 18.3. The Morgan fingerprint density at radius 1 is 0.897 bits per heavy atom.